The number of hydrogen-bond donors (Lipinski definition) is 1. The summed E-state index contributed by atoms with van der Waals surface area (Å²) in [7, 11) is 0. The number of unbranched alkanes of at least 4 members (excludes halogenated alkanes) is 1. The molecule has 0 aliphatic heterocycles. The van der Waals surface area contributed by atoms with Crippen molar-refractivity contribution >= 4 is 0 Å². The zero-order valence-electron chi connectivity index (χ0n) is 20.2. The maximum absolute atomic E-state index is 10.0. The van der Waals surface area contributed by atoms with Gasteiger partial charge in [0.15, 0.2) is 0 Å². The number of aliphatic hydroxyl groups is 1. The van der Waals surface area contributed by atoms with Crippen molar-refractivity contribution in [1.82, 2.24) is 15.0 Å². The van der Waals surface area contributed by atoms with Crippen LogP contribution in [0.2, 0.25) is 0 Å². The Labute approximate surface area is 184 Å². The number of nitrogens with zero attached hydrogens (tertiary/aromatic N) is 3. The predicted octanol–water partition coefficient (Wildman–Crippen LogP) is 6.34. The first-order chi connectivity index (χ1) is 14.2. The van der Waals surface area contributed by atoms with Gasteiger partial charge in [-0.3, -0.25) is 0 Å². The van der Waals surface area contributed by atoms with Crippen LogP contribution in [-0.4, -0.2) is 25.7 Å². The summed E-state index contributed by atoms with van der Waals surface area (Å²) < 4.78 is 2.02. The van der Waals surface area contributed by atoms with Gasteiger partial charge in [0.05, 0.1) is 17.8 Å². The highest BCUT2D eigenvalue weighted by Crippen LogP contribution is 2.59. The van der Waals surface area contributed by atoms with Crippen molar-refractivity contribution in [3.05, 3.63) is 23.5 Å². The van der Waals surface area contributed by atoms with E-state index in [-0.39, 0.29) is 0 Å². The van der Waals surface area contributed by atoms with Crippen molar-refractivity contribution in [2.45, 2.75) is 117 Å². The molecular weight excluding hydrogens is 370 g/mol. The van der Waals surface area contributed by atoms with Crippen molar-refractivity contribution in [2.75, 3.05) is 0 Å². The Balaban J connectivity index is 1.61. The third-order valence-corrected chi connectivity index (χ3v) is 8.09. The Bertz CT molecular complexity index is 701. The first-order valence-corrected chi connectivity index (χ1v) is 12.5. The van der Waals surface area contributed by atoms with Gasteiger partial charge in [0.2, 0.25) is 0 Å². The van der Waals surface area contributed by atoms with Crippen LogP contribution in [0.1, 0.15) is 105 Å². The molecule has 1 aromatic heterocycles. The normalized spacial score (nSPS) is 29.3. The van der Waals surface area contributed by atoms with Crippen LogP contribution in [0, 0.1) is 23.2 Å². The maximum Gasteiger partial charge on any atom is 0.0827 e. The van der Waals surface area contributed by atoms with Crippen LogP contribution in [-0.2, 0) is 13.0 Å². The highest BCUT2D eigenvalue weighted by atomic mass is 16.3. The van der Waals surface area contributed by atoms with Crippen molar-refractivity contribution in [2.24, 2.45) is 23.2 Å². The lowest BCUT2D eigenvalue weighted by Gasteiger charge is -2.44. The summed E-state index contributed by atoms with van der Waals surface area (Å²) in [5, 5.41) is 18.7. The smallest absolute Gasteiger partial charge is 0.0827 e. The number of allylic oxidation sites excluding steroid dienone is 2. The molecule has 2 saturated carbocycles. The quantitative estimate of drug-likeness (QED) is 0.454. The van der Waals surface area contributed by atoms with E-state index in [9.17, 15) is 5.11 Å². The number of aromatic nitrogens is 3. The molecule has 4 nitrogen and oxygen atoms in total. The minimum absolute atomic E-state index is 0.451. The topological polar surface area (TPSA) is 50.9 Å². The SMILES string of the molecule is CCCCc1cn(C/C=C2\CCC[C@]3(C)[C@@H]([C@H](C)CCCC(C)(C)O)CC[C@@H]23)nn1. The molecule has 2 aliphatic rings. The van der Waals surface area contributed by atoms with Crippen molar-refractivity contribution < 1.29 is 5.11 Å². The van der Waals surface area contributed by atoms with Crippen LogP contribution in [0.4, 0.5) is 0 Å². The second kappa shape index (κ2) is 9.97. The van der Waals surface area contributed by atoms with E-state index in [4.69, 9.17) is 0 Å². The molecule has 0 spiro atoms. The van der Waals surface area contributed by atoms with Gasteiger partial charge in [-0.05, 0) is 88.4 Å². The van der Waals surface area contributed by atoms with Crippen LogP contribution >= 0.6 is 0 Å². The van der Waals surface area contributed by atoms with E-state index in [0.29, 0.717) is 5.41 Å². The van der Waals surface area contributed by atoms with E-state index >= 15 is 0 Å². The van der Waals surface area contributed by atoms with Crippen molar-refractivity contribution in [3.63, 3.8) is 0 Å². The van der Waals surface area contributed by atoms with E-state index < -0.39 is 5.60 Å². The Kier molecular flexibility index (Phi) is 7.81. The van der Waals surface area contributed by atoms with Crippen LogP contribution in [0.5, 0.6) is 0 Å². The molecule has 1 heterocycles. The molecular formula is C26H45N3O. The molecule has 0 unspecified atom stereocenters. The van der Waals surface area contributed by atoms with Crippen LogP contribution < -0.4 is 0 Å². The van der Waals surface area contributed by atoms with Gasteiger partial charge < -0.3 is 5.11 Å². The van der Waals surface area contributed by atoms with E-state index in [2.05, 4.69) is 43.4 Å². The minimum Gasteiger partial charge on any atom is -0.390 e. The molecule has 30 heavy (non-hydrogen) atoms. The number of aryl methyl sites for hydroxylation is 1. The minimum atomic E-state index is -0.527. The molecule has 1 N–H and O–H groups in total. The fourth-order valence-corrected chi connectivity index (χ4v) is 6.43. The first-order valence-electron chi connectivity index (χ1n) is 12.5. The molecule has 1 aromatic rings. The monoisotopic (exact) mass is 415 g/mol. The fraction of sp³-hybridized carbons (Fsp3) is 0.846. The highest BCUT2D eigenvalue weighted by Gasteiger charge is 2.50. The summed E-state index contributed by atoms with van der Waals surface area (Å²) in [6.45, 7) is 12.0. The van der Waals surface area contributed by atoms with E-state index in [1.807, 2.05) is 18.5 Å². The zero-order valence-corrected chi connectivity index (χ0v) is 20.2. The summed E-state index contributed by atoms with van der Waals surface area (Å²) in [6, 6.07) is 0. The zero-order chi connectivity index (χ0) is 21.8. The number of fused-ring (bicyclic) bond motifs is 1. The van der Waals surface area contributed by atoms with Gasteiger partial charge in [-0.25, -0.2) is 4.68 Å². The Morgan fingerprint density at radius 1 is 1.33 bits per heavy atom. The molecule has 0 bridgehead atoms. The molecule has 0 radical (unpaired) electrons. The Morgan fingerprint density at radius 3 is 2.87 bits per heavy atom. The average molecular weight is 416 g/mol. The van der Waals surface area contributed by atoms with Crippen LogP contribution in [0.25, 0.3) is 0 Å². The van der Waals surface area contributed by atoms with Gasteiger partial charge in [-0.15, -0.1) is 5.10 Å². The predicted molar refractivity (Wildman–Crippen MR) is 124 cm³/mol. The summed E-state index contributed by atoms with van der Waals surface area (Å²) >= 11 is 0. The van der Waals surface area contributed by atoms with Gasteiger partial charge in [-0.1, -0.05) is 56.9 Å². The van der Waals surface area contributed by atoms with Crippen LogP contribution in [0.3, 0.4) is 0 Å². The fourth-order valence-electron chi connectivity index (χ4n) is 6.43. The first kappa shape index (κ1) is 23.5. The maximum atomic E-state index is 10.0. The van der Waals surface area contributed by atoms with Gasteiger partial charge >= 0.3 is 0 Å². The van der Waals surface area contributed by atoms with Crippen molar-refractivity contribution in [3.8, 4) is 0 Å². The second-order valence-corrected chi connectivity index (χ2v) is 11.1. The summed E-state index contributed by atoms with van der Waals surface area (Å²) in [4.78, 5) is 0. The third-order valence-electron chi connectivity index (χ3n) is 8.09. The van der Waals surface area contributed by atoms with Gasteiger partial charge in [-0.2, -0.15) is 0 Å². The molecule has 2 fully saturated rings. The van der Waals surface area contributed by atoms with Gasteiger partial charge in [0.25, 0.3) is 0 Å². The lowest BCUT2D eigenvalue weighted by molar-refractivity contribution is 0.0596. The average Bonchev–Trinajstić information content (AvgIpc) is 3.27. The molecule has 0 amide bonds. The lowest BCUT2D eigenvalue weighted by atomic mass is 9.60. The molecule has 0 saturated heterocycles. The molecule has 170 valence electrons. The summed E-state index contributed by atoms with van der Waals surface area (Å²) in [5.41, 5.74) is 2.73. The van der Waals surface area contributed by atoms with Crippen LogP contribution in [0.15, 0.2) is 17.8 Å². The third kappa shape index (κ3) is 5.75. The van der Waals surface area contributed by atoms with E-state index in [1.165, 1.54) is 51.4 Å². The van der Waals surface area contributed by atoms with E-state index in [0.717, 1.165) is 49.3 Å². The number of hydrogen-bond acceptors (Lipinski definition) is 3. The standard InChI is InChI=1S/C26H45N3O/c1-6-7-12-22-19-29(28-27-22)18-15-21-11-9-17-26(5)23(13-14-24(21)26)20(2)10-8-16-25(3,4)30/h15,19-20,23-24,30H,6-14,16-18H2,1-5H3/b21-15+/t20-,23-,24+,26-/m1/s1. The largest absolute Gasteiger partial charge is 0.390 e. The Morgan fingerprint density at radius 2 is 2.13 bits per heavy atom. The van der Waals surface area contributed by atoms with E-state index in [1.54, 1.807) is 5.57 Å². The molecule has 3 rings (SSSR count). The summed E-state index contributed by atoms with van der Waals surface area (Å²) in [5.74, 6) is 2.31. The Hall–Kier alpha value is -1.16. The molecule has 2 aliphatic carbocycles. The molecule has 4 heteroatoms. The summed E-state index contributed by atoms with van der Waals surface area (Å²) in [6.07, 6.45) is 18.0. The van der Waals surface area contributed by atoms with Crippen molar-refractivity contribution in [1.29, 1.82) is 0 Å². The molecule has 4 atom stereocenters. The second-order valence-electron chi connectivity index (χ2n) is 11.1. The highest BCUT2D eigenvalue weighted by molar-refractivity contribution is 5.18. The molecule has 0 aromatic carbocycles. The van der Waals surface area contributed by atoms with Gasteiger partial charge in [0, 0.05) is 6.20 Å². The van der Waals surface area contributed by atoms with Gasteiger partial charge in [0.1, 0.15) is 0 Å². The lowest BCUT2D eigenvalue weighted by Crippen LogP contribution is -2.36. The number of rotatable bonds is 10.